The van der Waals surface area contributed by atoms with Crippen molar-refractivity contribution in [2.45, 2.75) is 11.1 Å². The molecule has 0 fully saturated rings. The van der Waals surface area contributed by atoms with Gasteiger partial charge in [0.1, 0.15) is 4.90 Å². The minimum Gasteiger partial charge on any atom is -0.276 e. The van der Waals surface area contributed by atoms with Gasteiger partial charge < -0.3 is 0 Å². The highest BCUT2D eigenvalue weighted by molar-refractivity contribution is 7.94. The van der Waals surface area contributed by atoms with Crippen LogP contribution in [0.5, 0.6) is 0 Å². The van der Waals surface area contributed by atoms with E-state index in [1.807, 2.05) is 0 Å². The van der Waals surface area contributed by atoms with Gasteiger partial charge in [-0.1, -0.05) is 18.2 Å². The van der Waals surface area contributed by atoms with Gasteiger partial charge in [-0.25, -0.2) is 8.42 Å². The van der Waals surface area contributed by atoms with E-state index in [4.69, 9.17) is 0 Å². The molecular formula is C12H7F3N2O2S. The molecule has 0 radical (unpaired) electrons. The van der Waals surface area contributed by atoms with Crippen molar-refractivity contribution in [2.24, 2.45) is 0 Å². The zero-order valence-electron chi connectivity index (χ0n) is 9.77. The topological polar surface area (TPSA) is 59.1 Å². The Balaban J connectivity index is 2.25. The summed E-state index contributed by atoms with van der Waals surface area (Å²) in [6, 6.07) is 6.16. The maximum absolute atomic E-state index is 13.0. The Morgan fingerprint density at radius 3 is 2.45 bits per heavy atom. The average molecular weight is 300 g/mol. The molecule has 0 saturated heterocycles. The van der Waals surface area contributed by atoms with Gasteiger partial charge in [-0.2, -0.15) is 13.2 Å². The second-order valence-electron chi connectivity index (χ2n) is 4.18. The van der Waals surface area contributed by atoms with Gasteiger partial charge in [-0.15, -0.1) is 0 Å². The van der Waals surface area contributed by atoms with Gasteiger partial charge >= 0.3 is 6.18 Å². The second kappa shape index (κ2) is 3.95. The number of halogens is 3. The Hall–Kier alpha value is -2.09. The van der Waals surface area contributed by atoms with Gasteiger partial charge in [0.05, 0.1) is 16.9 Å². The monoisotopic (exact) mass is 300 g/mol. The first-order valence-electron chi connectivity index (χ1n) is 5.49. The van der Waals surface area contributed by atoms with Crippen LogP contribution in [0.4, 0.5) is 18.9 Å². The van der Waals surface area contributed by atoms with Crippen molar-refractivity contribution in [3.8, 4) is 11.3 Å². The number of nitrogens with zero attached hydrogens (tertiary/aromatic N) is 1. The van der Waals surface area contributed by atoms with Crippen molar-refractivity contribution in [2.75, 3.05) is 4.72 Å². The Labute approximate surface area is 112 Å². The molecule has 0 aliphatic carbocycles. The summed E-state index contributed by atoms with van der Waals surface area (Å²) in [5.41, 5.74) is -0.930. The maximum Gasteiger partial charge on any atom is 0.417 e. The summed E-state index contributed by atoms with van der Waals surface area (Å²) in [7, 11) is -3.59. The summed E-state index contributed by atoms with van der Waals surface area (Å²) in [5, 5.41) is 0. The smallest absolute Gasteiger partial charge is 0.276 e. The number of alkyl halides is 3. The molecule has 3 rings (SSSR count). The number of pyridine rings is 1. The van der Waals surface area contributed by atoms with Crippen LogP contribution in [0.1, 0.15) is 5.56 Å². The minimum atomic E-state index is -4.54. The van der Waals surface area contributed by atoms with Crippen LogP contribution >= 0.6 is 0 Å². The predicted molar refractivity (Wildman–Crippen MR) is 65.5 cm³/mol. The molecule has 1 aromatic carbocycles. The molecule has 4 nitrogen and oxygen atoms in total. The maximum atomic E-state index is 13.0. The third-order valence-electron chi connectivity index (χ3n) is 2.93. The number of hydrogen-bond donors (Lipinski definition) is 1. The Kier molecular flexibility index (Phi) is 2.55. The van der Waals surface area contributed by atoms with Crippen LogP contribution in [0.3, 0.4) is 0 Å². The molecule has 2 heterocycles. The fourth-order valence-electron chi connectivity index (χ4n) is 2.05. The zero-order chi connectivity index (χ0) is 14.5. The van der Waals surface area contributed by atoms with Crippen LogP contribution in [0, 0.1) is 0 Å². The lowest BCUT2D eigenvalue weighted by Gasteiger charge is -2.24. The third-order valence-corrected chi connectivity index (χ3v) is 4.32. The van der Waals surface area contributed by atoms with Gasteiger partial charge in [0.15, 0.2) is 0 Å². The van der Waals surface area contributed by atoms with E-state index in [1.165, 1.54) is 30.5 Å². The average Bonchev–Trinajstić information content (AvgIpc) is 2.37. The number of sulfonamides is 1. The van der Waals surface area contributed by atoms with Crippen molar-refractivity contribution in [1.82, 2.24) is 4.98 Å². The highest BCUT2D eigenvalue weighted by Crippen LogP contribution is 2.43. The fraction of sp³-hybridized carbons (Fsp3) is 0.0833. The molecule has 8 heteroatoms. The van der Waals surface area contributed by atoms with E-state index in [1.54, 1.807) is 0 Å². The number of hydrogen-bond acceptors (Lipinski definition) is 3. The van der Waals surface area contributed by atoms with Gasteiger partial charge in [-0.3, -0.25) is 9.71 Å². The first-order chi connectivity index (χ1) is 9.31. The largest absolute Gasteiger partial charge is 0.417 e. The van der Waals surface area contributed by atoms with E-state index >= 15 is 0 Å². The fourth-order valence-corrected chi connectivity index (χ4v) is 3.14. The number of rotatable bonds is 1. The van der Waals surface area contributed by atoms with Gasteiger partial charge in [0.2, 0.25) is 0 Å². The quantitative estimate of drug-likeness (QED) is 0.881. The molecule has 1 N–H and O–H groups in total. The lowest BCUT2D eigenvalue weighted by atomic mass is 10.0. The summed E-state index contributed by atoms with van der Waals surface area (Å²) in [5.74, 6) is 0. The van der Waals surface area contributed by atoms with E-state index in [0.29, 0.717) is 0 Å². The van der Waals surface area contributed by atoms with Crippen LogP contribution in [0.25, 0.3) is 11.3 Å². The SMILES string of the molecule is O=S1(=O)Nc2c1ccnc2-c1ccccc1C(F)(F)F. The summed E-state index contributed by atoms with van der Waals surface area (Å²) in [6.07, 6.45) is -3.36. The van der Waals surface area contributed by atoms with E-state index in [9.17, 15) is 21.6 Å². The molecule has 104 valence electrons. The molecule has 1 aliphatic rings. The molecular weight excluding hydrogens is 293 g/mol. The predicted octanol–water partition coefficient (Wildman–Crippen LogP) is 2.88. The van der Waals surface area contributed by atoms with Crippen LogP contribution in [-0.4, -0.2) is 13.4 Å². The lowest BCUT2D eigenvalue weighted by Crippen LogP contribution is -2.26. The molecule has 1 aromatic heterocycles. The van der Waals surface area contributed by atoms with Gasteiger partial charge in [-0.05, 0) is 12.1 Å². The number of aromatic nitrogens is 1. The molecule has 0 bridgehead atoms. The number of anilines is 1. The lowest BCUT2D eigenvalue weighted by molar-refractivity contribution is -0.137. The summed E-state index contributed by atoms with van der Waals surface area (Å²) >= 11 is 0. The molecule has 0 amide bonds. The van der Waals surface area contributed by atoms with Crippen molar-refractivity contribution >= 4 is 15.7 Å². The highest BCUT2D eigenvalue weighted by atomic mass is 32.2. The van der Waals surface area contributed by atoms with Crippen molar-refractivity contribution < 1.29 is 21.6 Å². The first-order valence-corrected chi connectivity index (χ1v) is 6.97. The van der Waals surface area contributed by atoms with E-state index < -0.39 is 21.8 Å². The zero-order valence-corrected chi connectivity index (χ0v) is 10.6. The Morgan fingerprint density at radius 2 is 1.80 bits per heavy atom. The van der Waals surface area contributed by atoms with E-state index in [-0.39, 0.29) is 21.8 Å². The third kappa shape index (κ3) is 1.83. The van der Waals surface area contributed by atoms with E-state index in [2.05, 4.69) is 9.71 Å². The Morgan fingerprint density at radius 1 is 1.10 bits per heavy atom. The van der Waals surface area contributed by atoms with Crippen LogP contribution in [-0.2, 0) is 16.2 Å². The number of nitrogens with one attached hydrogen (secondary N) is 1. The minimum absolute atomic E-state index is 0.0229. The normalized spacial score (nSPS) is 15.9. The molecule has 0 atom stereocenters. The number of benzene rings is 1. The molecule has 0 unspecified atom stereocenters. The van der Waals surface area contributed by atoms with Gasteiger partial charge in [0, 0.05) is 11.8 Å². The van der Waals surface area contributed by atoms with E-state index in [0.717, 1.165) is 6.07 Å². The van der Waals surface area contributed by atoms with Gasteiger partial charge in [0.25, 0.3) is 10.0 Å². The summed E-state index contributed by atoms with van der Waals surface area (Å²) in [6.45, 7) is 0. The molecule has 20 heavy (non-hydrogen) atoms. The van der Waals surface area contributed by atoms with Crippen LogP contribution in [0.2, 0.25) is 0 Å². The van der Waals surface area contributed by atoms with Crippen LogP contribution in [0.15, 0.2) is 41.4 Å². The highest BCUT2D eigenvalue weighted by Gasteiger charge is 2.38. The van der Waals surface area contributed by atoms with Crippen molar-refractivity contribution in [1.29, 1.82) is 0 Å². The standard InChI is InChI=1S/C12H7F3N2O2S/c13-12(14,15)8-4-2-1-3-7(8)10-11-9(5-6-16-10)20(18,19)17-11/h1-6,17H. The van der Waals surface area contributed by atoms with Crippen LogP contribution < -0.4 is 4.72 Å². The molecule has 0 spiro atoms. The van der Waals surface area contributed by atoms with Crippen molar-refractivity contribution in [3.05, 3.63) is 42.1 Å². The molecule has 0 saturated carbocycles. The summed E-state index contributed by atoms with van der Waals surface area (Å²) in [4.78, 5) is 3.83. The first kappa shape index (κ1) is 12.9. The number of fused-ring (bicyclic) bond motifs is 1. The summed E-state index contributed by atoms with van der Waals surface area (Å²) < 4.78 is 63.9. The molecule has 1 aliphatic heterocycles. The molecule has 2 aromatic rings. The van der Waals surface area contributed by atoms with Crippen molar-refractivity contribution in [3.63, 3.8) is 0 Å². The second-order valence-corrected chi connectivity index (χ2v) is 5.83. The Bertz CT molecular complexity index is 801.